The second kappa shape index (κ2) is 10.5. The summed E-state index contributed by atoms with van der Waals surface area (Å²) in [4.78, 5) is 2.91. The first-order valence-electron chi connectivity index (χ1n) is 9.46. The molecule has 0 saturated carbocycles. The van der Waals surface area contributed by atoms with Gasteiger partial charge in [0.25, 0.3) is 10.1 Å². The molecule has 0 radical (unpaired) electrons. The maximum Gasteiger partial charge on any atom is 0.264 e. The number of hydrogen-bond acceptors (Lipinski definition) is 7. The zero-order valence-corrected chi connectivity index (χ0v) is 17.3. The predicted molar refractivity (Wildman–Crippen MR) is 111 cm³/mol. The SMILES string of the molecule is CS(=O)(=O)O[C@H]1CO[C@@H](c2ccccc2)O[C@H]1C[C@@H](N=[N+]=[N-])NCc1ccccc1. The molecule has 1 fully saturated rings. The fourth-order valence-corrected chi connectivity index (χ4v) is 3.80. The quantitative estimate of drug-likeness (QED) is 0.281. The van der Waals surface area contributed by atoms with Gasteiger partial charge in [-0.15, -0.1) is 0 Å². The number of ether oxygens (including phenoxy) is 2. The Hall–Kier alpha value is -2.46. The molecule has 160 valence electrons. The van der Waals surface area contributed by atoms with Crippen molar-refractivity contribution in [2.75, 3.05) is 12.9 Å². The first kappa shape index (κ1) is 22.2. The van der Waals surface area contributed by atoms with Crippen LogP contribution in [0.15, 0.2) is 65.8 Å². The lowest BCUT2D eigenvalue weighted by Gasteiger charge is -2.37. The third-order valence-corrected chi connectivity index (χ3v) is 5.12. The molecule has 1 aliphatic heterocycles. The minimum Gasteiger partial charge on any atom is -0.346 e. The highest BCUT2D eigenvalue weighted by atomic mass is 32.2. The van der Waals surface area contributed by atoms with E-state index in [2.05, 4.69) is 15.3 Å². The molecule has 3 rings (SSSR count). The Morgan fingerprint density at radius 3 is 2.50 bits per heavy atom. The summed E-state index contributed by atoms with van der Waals surface area (Å²) < 4.78 is 40.3. The molecule has 0 bridgehead atoms. The van der Waals surface area contributed by atoms with Gasteiger partial charge in [0, 0.05) is 17.0 Å². The molecule has 2 aromatic carbocycles. The number of nitrogens with one attached hydrogen (secondary N) is 1. The highest BCUT2D eigenvalue weighted by Gasteiger charge is 2.37. The van der Waals surface area contributed by atoms with Gasteiger partial charge in [-0.2, -0.15) is 8.42 Å². The van der Waals surface area contributed by atoms with Crippen LogP contribution in [0.3, 0.4) is 0 Å². The first-order chi connectivity index (χ1) is 14.4. The van der Waals surface area contributed by atoms with Gasteiger partial charge in [0.15, 0.2) is 6.29 Å². The number of hydrogen-bond donors (Lipinski definition) is 1. The van der Waals surface area contributed by atoms with E-state index in [9.17, 15) is 8.42 Å². The smallest absolute Gasteiger partial charge is 0.264 e. The summed E-state index contributed by atoms with van der Waals surface area (Å²) >= 11 is 0. The highest BCUT2D eigenvalue weighted by molar-refractivity contribution is 7.86. The predicted octanol–water partition coefficient (Wildman–Crippen LogP) is 3.26. The Morgan fingerprint density at radius 1 is 1.20 bits per heavy atom. The summed E-state index contributed by atoms with van der Waals surface area (Å²) in [7, 11) is -3.73. The summed E-state index contributed by atoms with van der Waals surface area (Å²) in [5.74, 6) is 0. The second-order valence-corrected chi connectivity index (χ2v) is 8.51. The van der Waals surface area contributed by atoms with E-state index in [4.69, 9.17) is 19.2 Å². The molecule has 1 N–H and O–H groups in total. The van der Waals surface area contributed by atoms with E-state index in [1.165, 1.54) is 0 Å². The van der Waals surface area contributed by atoms with Gasteiger partial charge in [-0.25, -0.2) is 0 Å². The fourth-order valence-electron chi connectivity index (χ4n) is 3.17. The Bertz CT molecular complexity index is 952. The molecule has 0 amide bonds. The molecule has 1 aliphatic rings. The minimum atomic E-state index is -3.73. The van der Waals surface area contributed by atoms with Crippen molar-refractivity contribution >= 4 is 10.1 Å². The molecule has 30 heavy (non-hydrogen) atoms. The Balaban J connectivity index is 1.73. The maximum atomic E-state index is 11.7. The summed E-state index contributed by atoms with van der Waals surface area (Å²) in [5, 5.41) is 6.98. The molecule has 10 heteroatoms. The Labute approximate surface area is 175 Å². The molecule has 0 aliphatic carbocycles. The van der Waals surface area contributed by atoms with Crippen molar-refractivity contribution in [1.82, 2.24) is 5.32 Å². The van der Waals surface area contributed by atoms with E-state index in [0.29, 0.717) is 6.54 Å². The van der Waals surface area contributed by atoms with Crippen LogP contribution < -0.4 is 5.32 Å². The van der Waals surface area contributed by atoms with Crippen molar-refractivity contribution in [2.24, 2.45) is 5.11 Å². The standard InChI is InChI=1S/C20H24N4O5S/c1-30(25,26)29-18-14-27-20(16-10-6-3-7-11-16)28-17(18)12-19(23-24-21)22-13-15-8-4-2-5-9-15/h2-11,17-20,22H,12-14H2,1H3/t17-,18-,19+,20+/m0/s1. The van der Waals surface area contributed by atoms with E-state index >= 15 is 0 Å². The summed E-state index contributed by atoms with van der Waals surface area (Å²) in [6.07, 6.45) is -1.63. The summed E-state index contributed by atoms with van der Waals surface area (Å²) in [6, 6.07) is 19.0. The number of rotatable bonds is 9. The highest BCUT2D eigenvalue weighted by Crippen LogP contribution is 2.30. The van der Waals surface area contributed by atoms with Crippen LogP contribution in [0.1, 0.15) is 23.8 Å². The van der Waals surface area contributed by atoms with Gasteiger partial charge in [-0.1, -0.05) is 65.8 Å². The third kappa shape index (κ3) is 6.81. The molecule has 1 heterocycles. The average Bonchev–Trinajstić information content (AvgIpc) is 2.74. The van der Waals surface area contributed by atoms with Gasteiger partial charge >= 0.3 is 0 Å². The largest absolute Gasteiger partial charge is 0.346 e. The maximum absolute atomic E-state index is 11.7. The van der Waals surface area contributed by atoms with Crippen molar-refractivity contribution < 1.29 is 22.1 Å². The van der Waals surface area contributed by atoms with E-state index in [-0.39, 0.29) is 13.0 Å². The lowest BCUT2D eigenvalue weighted by Crippen LogP contribution is -2.46. The fraction of sp³-hybridized carbons (Fsp3) is 0.400. The van der Waals surface area contributed by atoms with E-state index < -0.39 is 34.8 Å². The van der Waals surface area contributed by atoms with Crippen LogP contribution in [-0.2, 0) is 30.3 Å². The lowest BCUT2D eigenvalue weighted by atomic mass is 10.1. The van der Waals surface area contributed by atoms with Crippen LogP contribution in [-0.4, -0.2) is 39.7 Å². The van der Waals surface area contributed by atoms with Crippen molar-refractivity contribution in [1.29, 1.82) is 0 Å². The van der Waals surface area contributed by atoms with E-state index in [1.54, 1.807) is 0 Å². The lowest BCUT2D eigenvalue weighted by molar-refractivity contribution is -0.253. The van der Waals surface area contributed by atoms with Gasteiger partial charge in [0.2, 0.25) is 0 Å². The molecule has 2 aromatic rings. The van der Waals surface area contributed by atoms with Crippen LogP contribution in [0.4, 0.5) is 0 Å². The van der Waals surface area contributed by atoms with Crippen molar-refractivity contribution in [2.45, 2.75) is 37.6 Å². The number of azide groups is 1. The van der Waals surface area contributed by atoms with Crippen molar-refractivity contribution in [3.8, 4) is 0 Å². The topological polar surface area (TPSA) is 123 Å². The molecule has 0 unspecified atom stereocenters. The zero-order chi connectivity index (χ0) is 21.4. The van der Waals surface area contributed by atoms with Gasteiger partial charge in [0.05, 0.1) is 25.1 Å². The molecule has 0 aromatic heterocycles. The van der Waals surface area contributed by atoms with Crippen LogP contribution >= 0.6 is 0 Å². The van der Waals surface area contributed by atoms with Gasteiger partial charge < -0.3 is 14.8 Å². The zero-order valence-electron chi connectivity index (χ0n) is 16.5. The van der Waals surface area contributed by atoms with Crippen LogP contribution in [0.5, 0.6) is 0 Å². The molecule has 4 atom stereocenters. The summed E-state index contributed by atoms with van der Waals surface area (Å²) in [5.41, 5.74) is 10.8. The number of benzene rings is 2. The van der Waals surface area contributed by atoms with Crippen LogP contribution in [0.2, 0.25) is 0 Å². The second-order valence-electron chi connectivity index (χ2n) is 6.91. The molecule has 0 spiro atoms. The van der Waals surface area contributed by atoms with Crippen molar-refractivity contribution in [3.05, 3.63) is 82.2 Å². The average molecular weight is 433 g/mol. The van der Waals surface area contributed by atoms with E-state index in [1.807, 2.05) is 60.7 Å². The minimum absolute atomic E-state index is 0.0268. The normalized spacial score (nSPS) is 22.8. The van der Waals surface area contributed by atoms with Gasteiger partial charge in [-0.05, 0) is 17.5 Å². The summed E-state index contributed by atoms with van der Waals surface area (Å²) in [6.45, 7) is 0.506. The Morgan fingerprint density at radius 2 is 1.87 bits per heavy atom. The third-order valence-electron chi connectivity index (χ3n) is 4.53. The molecular weight excluding hydrogens is 408 g/mol. The van der Waals surface area contributed by atoms with Crippen LogP contribution in [0, 0.1) is 0 Å². The molecular formula is C20H24N4O5S. The van der Waals surface area contributed by atoms with Gasteiger partial charge in [-0.3, -0.25) is 4.18 Å². The monoisotopic (exact) mass is 432 g/mol. The van der Waals surface area contributed by atoms with Crippen molar-refractivity contribution in [3.63, 3.8) is 0 Å². The first-order valence-corrected chi connectivity index (χ1v) is 11.3. The molecule has 1 saturated heterocycles. The van der Waals surface area contributed by atoms with Crippen LogP contribution in [0.25, 0.3) is 10.4 Å². The Kier molecular flexibility index (Phi) is 7.81. The van der Waals surface area contributed by atoms with Gasteiger partial charge in [0.1, 0.15) is 6.10 Å². The number of nitrogens with zero attached hydrogens (tertiary/aromatic N) is 3. The molecule has 9 nitrogen and oxygen atoms in total. The van der Waals surface area contributed by atoms with E-state index in [0.717, 1.165) is 17.4 Å².